The fourth-order valence-electron chi connectivity index (χ4n) is 2.13. The molecule has 0 saturated carbocycles. The molecule has 1 saturated heterocycles. The molecule has 1 atom stereocenters. The van der Waals surface area contributed by atoms with Gasteiger partial charge in [-0.15, -0.1) is 0 Å². The minimum absolute atomic E-state index is 0.0365. The van der Waals surface area contributed by atoms with Crippen LogP contribution >= 0.6 is 0 Å². The Balaban J connectivity index is 2.38. The maximum Gasteiger partial charge on any atom is 0.328 e. The maximum atomic E-state index is 11.2. The monoisotopic (exact) mass is 266 g/mol. The van der Waals surface area contributed by atoms with Crippen LogP contribution in [-0.4, -0.2) is 41.8 Å². The van der Waals surface area contributed by atoms with Crippen LogP contribution in [0.25, 0.3) is 0 Å². The summed E-state index contributed by atoms with van der Waals surface area (Å²) in [6.45, 7) is 2.63. The highest BCUT2D eigenvalue weighted by atomic mass is 16.6. The van der Waals surface area contributed by atoms with Crippen LogP contribution in [0.15, 0.2) is 18.2 Å². The quantitative estimate of drug-likeness (QED) is 0.652. The summed E-state index contributed by atoms with van der Waals surface area (Å²) in [4.78, 5) is 23.2. The number of non-ortho nitro benzene ring substituents is 1. The molecule has 0 spiro atoms. The molecule has 0 bridgehead atoms. The number of aryl methyl sites for hydroxylation is 1. The summed E-state index contributed by atoms with van der Waals surface area (Å²) in [6, 6.07) is 3.79. The van der Waals surface area contributed by atoms with E-state index in [9.17, 15) is 14.9 Å². The summed E-state index contributed by atoms with van der Waals surface area (Å²) in [5.41, 5.74) is 1.23. The van der Waals surface area contributed by atoms with Crippen molar-refractivity contribution in [3.63, 3.8) is 0 Å². The van der Waals surface area contributed by atoms with Gasteiger partial charge in [-0.2, -0.15) is 0 Å². The SMILES string of the molecule is Cc1cc(N2CCOCC2C(=O)O)cc([N+](=O)[O-])c1. The molecule has 102 valence electrons. The summed E-state index contributed by atoms with van der Waals surface area (Å²) in [6.07, 6.45) is 0. The zero-order valence-electron chi connectivity index (χ0n) is 10.4. The smallest absolute Gasteiger partial charge is 0.328 e. The first-order valence-electron chi connectivity index (χ1n) is 5.82. The number of ether oxygens (including phenoxy) is 1. The normalized spacial score (nSPS) is 19.2. The zero-order chi connectivity index (χ0) is 14.0. The van der Waals surface area contributed by atoms with Gasteiger partial charge < -0.3 is 14.7 Å². The second-order valence-electron chi connectivity index (χ2n) is 4.41. The van der Waals surface area contributed by atoms with Crippen LogP contribution in [0.4, 0.5) is 11.4 Å². The van der Waals surface area contributed by atoms with Gasteiger partial charge in [0.2, 0.25) is 0 Å². The molecule has 1 aliphatic rings. The molecule has 1 aliphatic heterocycles. The molecule has 7 nitrogen and oxygen atoms in total. The van der Waals surface area contributed by atoms with Crippen LogP contribution in [0, 0.1) is 17.0 Å². The van der Waals surface area contributed by atoms with E-state index in [1.54, 1.807) is 17.9 Å². The van der Waals surface area contributed by atoms with Crippen molar-refractivity contribution in [3.8, 4) is 0 Å². The van der Waals surface area contributed by atoms with Crippen molar-refractivity contribution in [3.05, 3.63) is 33.9 Å². The third kappa shape index (κ3) is 2.82. The van der Waals surface area contributed by atoms with Crippen molar-refractivity contribution in [2.45, 2.75) is 13.0 Å². The average molecular weight is 266 g/mol. The van der Waals surface area contributed by atoms with Gasteiger partial charge in [-0.05, 0) is 18.6 Å². The minimum Gasteiger partial charge on any atom is -0.480 e. The lowest BCUT2D eigenvalue weighted by molar-refractivity contribution is -0.384. The maximum absolute atomic E-state index is 11.2. The first-order valence-corrected chi connectivity index (χ1v) is 5.82. The molecule has 19 heavy (non-hydrogen) atoms. The Bertz CT molecular complexity index is 517. The Morgan fingerprint density at radius 3 is 2.89 bits per heavy atom. The summed E-state index contributed by atoms with van der Waals surface area (Å²) >= 11 is 0. The Kier molecular flexibility index (Phi) is 3.66. The molecule has 7 heteroatoms. The Labute approximate surface area is 109 Å². The van der Waals surface area contributed by atoms with Gasteiger partial charge in [-0.25, -0.2) is 4.79 Å². The van der Waals surface area contributed by atoms with Crippen LogP contribution in [-0.2, 0) is 9.53 Å². The second kappa shape index (κ2) is 5.23. The molecule has 1 heterocycles. The van der Waals surface area contributed by atoms with Crippen LogP contribution in [0.3, 0.4) is 0 Å². The third-order valence-corrected chi connectivity index (χ3v) is 3.00. The zero-order valence-corrected chi connectivity index (χ0v) is 10.4. The fourth-order valence-corrected chi connectivity index (χ4v) is 2.13. The van der Waals surface area contributed by atoms with E-state index in [1.165, 1.54) is 12.1 Å². The van der Waals surface area contributed by atoms with Crippen molar-refractivity contribution in [1.82, 2.24) is 0 Å². The van der Waals surface area contributed by atoms with Crippen molar-refractivity contribution in [2.75, 3.05) is 24.7 Å². The number of hydrogen-bond acceptors (Lipinski definition) is 5. The van der Waals surface area contributed by atoms with Crippen LogP contribution < -0.4 is 4.90 Å². The van der Waals surface area contributed by atoms with Gasteiger partial charge in [-0.1, -0.05) is 0 Å². The number of carboxylic acids is 1. The molecule has 1 fully saturated rings. The van der Waals surface area contributed by atoms with Gasteiger partial charge in [0.15, 0.2) is 6.04 Å². The van der Waals surface area contributed by atoms with Crippen molar-refractivity contribution in [2.24, 2.45) is 0 Å². The number of carbonyl (C=O) groups is 1. The molecule has 0 amide bonds. The van der Waals surface area contributed by atoms with E-state index in [2.05, 4.69) is 0 Å². The van der Waals surface area contributed by atoms with Gasteiger partial charge in [0.05, 0.1) is 18.1 Å². The number of aliphatic carboxylic acids is 1. The average Bonchev–Trinajstić information content (AvgIpc) is 2.37. The van der Waals surface area contributed by atoms with Crippen molar-refractivity contribution in [1.29, 1.82) is 0 Å². The van der Waals surface area contributed by atoms with E-state index in [0.29, 0.717) is 18.8 Å². The summed E-state index contributed by atoms with van der Waals surface area (Å²) < 4.78 is 5.15. The van der Waals surface area contributed by atoms with Gasteiger partial charge in [0, 0.05) is 24.4 Å². The molecule has 1 unspecified atom stereocenters. The molecule has 1 aromatic carbocycles. The lowest BCUT2D eigenvalue weighted by Gasteiger charge is -2.34. The van der Waals surface area contributed by atoms with Gasteiger partial charge in [0.25, 0.3) is 5.69 Å². The number of nitro benzene ring substituents is 1. The third-order valence-electron chi connectivity index (χ3n) is 3.00. The summed E-state index contributed by atoms with van der Waals surface area (Å²) in [7, 11) is 0. The minimum atomic E-state index is -0.996. The number of anilines is 1. The van der Waals surface area contributed by atoms with Crippen LogP contribution in [0.5, 0.6) is 0 Å². The lowest BCUT2D eigenvalue weighted by atomic mass is 10.1. The molecule has 0 aromatic heterocycles. The summed E-state index contributed by atoms with van der Waals surface area (Å²) in [5, 5.41) is 20.0. The first kappa shape index (κ1) is 13.3. The highest BCUT2D eigenvalue weighted by Crippen LogP contribution is 2.26. The summed E-state index contributed by atoms with van der Waals surface area (Å²) in [5.74, 6) is -0.996. The Morgan fingerprint density at radius 1 is 1.53 bits per heavy atom. The molecule has 1 N–H and O–H groups in total. The van der Waals surface area contributed by atoms with E-state index in [-0.39, 0.29) is 12.3 Å². The van der Waals surface area contributed by atoms with Gasteiger partial charge in [-0.3, -0.25) is 10.1 Å². The molecule has 0 aliphatic carbocycles. The number of carboxylic acid groups (broad SMARTS) is 1. The van der Waals surface area contributed by atoms with Crippen molar-refractivity contribution >= 4 is 17.3 Å². The van der Waals surface area contributed by atoms with Crippen LogP contribution in [0.2, 0.25) is 0 Å². The number of morpholine rings is 1. The molecule has 1 aromatic rings. The Morgan fingerprint density at radius 2 is 2.26 bits per heavy atom. The number of rotatable bonds is 3. The van der Waals surface area contributed by atoms with E-state index < -0.39 is 16.9 Å². The van der Waals surface area contributed by atoms with E-state index >= 15 is 0 Å². The number of nitrogens with zero attached hydrogens (tertiary/aromatic N) is 2. The lowest BCUT2D eigenvalue weighted by Crippen LogP contribution is -2.50. The molecular formula is C12H14N2O5. The number of hydrogen-bond donors (Lipinski definition) is 1. The largest absolute Gasteiger partial charge is 0.480 e. The first-order chi connectivity index (χ1) is 8.99. The van der Waals surface area contributed by atoms with Crippen LogP contribution in [0.1, 0.15) is 5.56 Å². The van der Waals surface area contributed by atoms with E-state index in [1.807, 2.05) is 0 Å². The topological polar surface area (TPSA) is 92.9 Å². The molecular weight excluding hydrogens is 252 g/mol. The van der Waals surface area contributed by atoms with E-state index in [4.69, 9.17) is 9.84 Å². The number of nitro groups is 1. The van der Waals surface area contributed by atoms with E-state index in [0.717, 1.165) is 5.56 Å². The van der Waals surface area contributed by atoms with Gasteiger partial charge in [0.1, 0.15) is 0 Å². The fraction of sp³-hybridized carbons (Fsp3) is 0.417. The highest BCUT2D eigenvalue weighted by Gasteiger charge is 2.30. The Hall–Kier alpha value is -2.15. The predicted octanol–water partition coefficient (Wildman–Crippen LogP) is 1.19. The standard InChI is InChI=1S/C12H14N2O5/c1-8-4-9(6-10(5-8)14(17)18)13-2-3-19-7-11(13)12(15)16/h4-6,11H,2-3,7H2,1H3,(H,15,16). The highest BCUT2D eigenvalue weighted by molar-refractivity contribution is 5.79. The molecule has 0 radical (unpaired) electrons. The van der Waals surface area contributed by atoms with Crippen molar-refractivity contribution < 1.29 is 19.6 Å². The molecule has 2 rings (SSSR count). The number of benzene rings is 1. The second-order valence-corrected chi connectivity index (χ2v) is 4.41. The van der Waals surface area contributed by atoms with Gasteiger partial charge >= 0.3 is 5.97 Å². The predicted molar refractivity (Wildman–Crippen MR) is 67.4 cm³/mol.